The molecule has 1 aromatic rings. The third-order valence-electron chi connectivity index (χ3n) is 5.06. The van der Waals surface area contributed by atoms with E-state index in [1.54, 1.807) is 0 Å². The molecule has 0 radical (unpaired) electrons. The van der Waals surface area contributed by atoms with E-state index >= 15 is 0 Å². The summed E-state index contributed by atoms with van der Waals surface area (Å²) in [7, 11) is 2.02. The Morgan fingerprint density at radius 3 is 2.77 bits per heavy atom. The summed E-state index contributed by atoms with van der Waals surface area (Å²) in [5.41, 5.74) is 2.43. The number of amides is 1. The van der Waals surface area contributed by atoms with Crippen LogP contribution in [0.1, 0.15) is 24.8 Å². The van der Waals surface area contributed by atoms with E-state index in [1.165, 1.54) is 24.8 Å². The lowest BCUT2D eigenvalue weighted by Gasteiger charge is -2.32. The molecule has 0 spiro atoms. The molecule has 4 nitrogen and oxygen atoms in total. The van der Waals surface area contributed by atoms with Crippen LogP contribution in [0.15, 0.2) is 24.3 Å². The zero-order valence-corrected chi connectivity index (χ0v) is 13.6. The van der Waals surface area contributed by atoms with E-state index in [1.807, 2.05) is 18.0 Å². The molecule has 2 aliphatic heterocycles. The van der Waals surface area contributed by atoms with Crippen molar-refractivity contribution in [1.29, 1.82) is 0 Å². The maximum absolute atomic E-state index is 12.6. The van der Waals surface area contributed by atoms with Gasteiger partial charge in [-0.1, -0.05) is 18.2 Å². The van der Waals surface area contributed by atoms with Crippen molar-refractivity contribution in [2.24, 2.45) is 5.92 Å². The minimum Gasteiger partial charge on any atom is -0.320 e. The third-order valence-corrected chi connectivity index (χ3v) is 5.06. The summed E-state index contributed by atoms with van der Waals surface area (Å²) in [6.45, 7) is 4.66. The average molecular weight is 301 g/mol. The Hall–Kier alpha value is -1.39. The van der Waals surface area contributed by atoms with Crippen molar-refractivity contribution in [1.82, 2.24) is 10.2 Å². The first-order chi connectivity index (χ1) is 10.8. The van der Waals surface area contributed by atoms with E-state index in [2.05, 4.69) is 28.4 Å². The summed E-state index contributed by atoms with van der Waals surface area (Å²) in [6.07, 6.45) is 4.71. The molecule has 2 heterocycles. The lowest BCUT2D eigenvalue weighted by molar-refractivity contribution is -0.120. The number of piperidine rings is 1. The number of fused-ring (bicyclic) bond motifs is 1. The molecule has 1 fully saturated rings. The van der Waals surface area contributed by atoms with Crippen LogP contribution in [-0.4, -0.2) is 50.6 Å². The second-order valence-corrected chi connectivity index (χ2v) is 6.54. The van der Waals surface area contributed by atoms with Gasteiger partial charge in [0.15, 0.2) is 0 Å². The Kier molecular flexibility index (Phi) is 5.11. The fourth-order valence-corrected chi connectivity index (χ4v) is 3.66. The molecule has 120 valence electrons. The van der Waals surface area contributed by atoms with Crippen molar-refractivity contribution in [2.75, 3.05) is 44.7 Å². The summed E-state index contributed by atoms with van der Waals surface area (Å²) in [5.74, 6) is 1.09. The van der Waals surface area contributed by atoms with Gasteiger partial charge in [-0.2, -0.15) is 0 Å². The van der Waals surface area contributed by atoms with Gasteiger partial charge in [-0.3, -0.25) is 9.69 Å². The monoisotopic (exact) mass is 301 g/mol. The molecule has 1 aromatic carbocycles. The molecular weight excluding hydrogens is 274 g/mol. The lowest BCUT2D eigenvalue weighted by atomic mass is 9.93. The lowest BCUT2D eigenvalue weighted by Crippen LogP contribution is -2.43. The highest BCUT2D eigenvalue weighted by Gasteiger charge is 2.27. The molecule has 0 bridgehead atoms. The Morgan fingerprint density at radius 2 is 2.00 bits per heavy atom. The molecule has 0 aliphatic carbocycles. The second kappa shape index (κ2) is 7.25. The smallest absolute Gasteiger partial charge is 0.241 e. The molecule has 1 amide bonds. The summed E-state index contributed by atoms with van der Waals surface area (Å²) >= 11 is 0. The molecule has 22 heavy (non-hydrogen) atoms. The van der Waals surface area contributed by atoms with Crippen molar-refractivity contribution < 1.29 is 4.79 Å². The fourth-order valence-electron chi connectivity index (χ4n) is 3.66. The minimum absolute atomic E-state index is 0.263. The Balaban J connectivity index is 1.49. The number of likely N-dealkylation sites (tertiary alicyclic amines) is 1. The van der Waals surface area contributed by atoms with E-state index in [0.717, 1.165) is 44.2 Å². The van der Waals surface area contributed by atoms with Gasteiger partial charge in [0, 0.05) is 12.2 Å². The normalized spacial score (nSPS) is 19.4. The molecule has 1 saturated heterocycles. The van der Waals surface area contributed by atoms with E-state index in [0.29, 0.717) is 6.54 Å². The number of benzene rings is 1. The van der Waals surface area contributed by atoms with Gasteiger partial charge in [-0.05, 0) is 69.9 Å². The van der Waals surface area contributed by atoms with Gasteiger partial charge in [0.1, 0.15) is 0 Å². The number of para-hydroxylation sites is 1. The Bertz CT molecular complexity index is 509. The average Bonchev–Trinajstić information content (AvgIpc) is 2.98. The Labute approximate surface area is 133 Å². The van der Waals surface area contributed by atoms with Crippen LogP contribution in [0.25, 0.3) is 0 Å². The van der Waals surface area contributed by atoms with Crippen LogP contribution in [0.3, 0.4) is 0 Å². The van der Waals surface area contributed by atoms with Crippen molar-refractivity contribution in [3.8, 4) is 0 Å². The standard InChI is InChI=1S/C18H27N3O/c1-19-10-6-15-7-11-20(12-8-15)14-18(22)21-13-9-16-4-2-3-5-17(16)21/h2-5,15,19H,6-14H2,1H3. The predicted molar refractivity (Wildman–Crippen MR) is 90.2 cm³/mol. The van der Waals surface area contributed by atoms with Crippen LogP contribution < -0.4 is 10.2 Å². The SMILES string of the molecule is CNCCC1CCN(CC(=O)N2CCc3ccccc32)CC1. The first-order valence-electron chi connectivity index (χ1n) is 8.53. The first-order valence-corrected chi connectivity index (χ1v) is 8.53. The summed E-state index contributed by atoms with van der Waals surface area (Å²) < 4.78 is 0. The quantitative estimate of drug-likeness (QED) is 0.902. The van der Waals surface area contributed by atoms with E-state index in [-0.39, 0.29) is 5.91 Å². The third kappa shape index (κ3) is 3.50. The van der Waals surface area contributed by atoms with Gasteiger partial charge in [0.05, 0.1) is 6.54 Å². The van der Waals surface area contributed by atoms with E-state index in [4.69, 9.17) is 0 Å². The number of carbonyl (C=O) groups excluding carboxylic acids is 1. The predicted octanol–water partition coefficient (Wildman–Crippen LogP) is 1.90. The van der Waals surface area contributed by atoms with Gasteiger partial charge in [0.25, 0.3) is 0 Å². The fraction of sp³-hybridized carbons (Fsp3) is 0.611. The van der Waals surface area contributed by atoms with Crippen LogP contribution in [0.2, 0.25) is 0 Å². The van der Waals surface area contributed by atoms with Crippen LogP contribution >= 0.6 is 0 Å². The topological polar surface area (TPSA) is 35.6 Å². The molecule has 1 N–H and O–H groups in total. The highest BCUT2D eigenvalue weighted by Crippen LogP contribution is 2.28. The maximum Gasteiger partial charge on any atom is 0.241 e. The summed E-state index contributed by atoms with van der Waals surface area (Å²) in [4.78, 5) is 16.9. The minimum atomic E-state index is 0.263. The first kappa shape index (κ1) is 15.5. The van der Waals surface area contributed by atoms with Gasteiger partial charge >= 0.3 is 0 Å². The zero-order chi connectivity index (χ0) is 15.4. The van der Waals surface area contributed by atoms with Crippen LogP contribution in [-0.2, 0) is 11.2 Å². The molecule has 4 heteroatoms. The van der Waals surface area contributed by atoms with E-state index in [9.17, 15) is 4.79 Å². The second-order valence-electron chi connectivity index (χ2n) is 6.54. The number of nitrogens with zero attached hydrogens (tertiary/aromatic N) is 2. The van der Waals surface area contributed by atoms with Crippen LogP contribution in [0.4, 0.5) is 5.69 Å². The number of carbonyl (C=O) groups is 1. The zero-order valence-electron chi connectivity index (χ0n) is 13.6. The van der Waals surface area contributed by atoms with Crippen LogP contribution in [0.5, 0.6) is 0 Å². The highest BCUT2D eigenvalue weighted by atomic mass is 16.2. The van der Waals surface area contributed by atoms with E-state index < -0.39 is 0 Å². The van der Waals surface area contributed by atoms with Gasteiger partial charge < -0.3 is 10.2 Å². The largest absolute Gasteiger partial charge is 0.320 e. The number of hydrogen-bond donors (Lipinski definition) is 1. The number of anilines is 1. The van der Waals surface area contributed by atoms with Gasteiger partial charge in [-0.15, -0.1) is 0 Å². The molecule has 3 rings (SSSR count). The van der Waals surface area contributed by atoms with Crippen molar-refractivity contribution >= 4 is 11.6 Å². The molecule has 0 unspecified atom stereocenters. The van der Waals surface area contributed by atoms with Crippen molar-refractivity contribution in [2.45, 2.75) is 25.7 Å². The molecular formula is C18H27N3O. The maximum atomic E-state index is 12.6. The molecule has 0 saturated carbocycles. The number of rotatable bonds is 5. The molecule has 2 aliphatic rings. The molecule has 0 aromatic heterocycles. The van der Waals surface area contributed by atoms with Crippen molar-refractivity contribution in [3.63, 3.8) is 0 Å². The van der Waals surface area contributed by atoms with Crippen molar-refractivity contribution in [3.05, 3.63) is 29.8 Å². The molecule has 0 atom stereocenters. The summed E-state index contributed by atoms with van der Waals surface area (Å²) in [5, 5.41) is 3.23. The highest BCUT2D eigenvalue weighted by molar-refractivity contribution is 5.96. The summed E-state index contributed by atoms with van der Waals surface area (Å²) in [6, 6.07) is 8.29. The van der Waals surface area contributed by atoms with Crippen LogP contribution in [0, 0.1) is 5.92 Å². The van der Waals surface area contributed by atoms with Gasteiger partial charge in [0.2, 0.25) is 5.91 Å². The number of nitrogens with one attached hydrogen (secondary N) is 1. The van der Waals surface area contributed by atoms with Gasteiger partial charge in [-0.25, -0.2) is 0 Å². The number of hydrogen-bond acceptors (Lipinski definition) is 3. The Morgan fingerprint density at radius 1 is 1.23 bits per heavy atom.